The standard InChI is InChI=1S/C27H34ClFN4O4/c1-16-13-32(14-17(2)37-16)27(35)25-20-5-4-6-23(20)33(30-25)15-24(34)31-9-7-18(8-10-31)19-11-21(28)26(36-3)22(29)12-19/h11-12,16-18H,4-10,13-15H2,1-3H3/t16-,17+. The highest BCUT2D eigenvalue weighted by Crippen LogP contribution is 2.35. The van der Waals surface area contributed by atoms with Gasteiger partial charge in [0.15, 0.2) is 17.3 Å². The maximum Gasteiger partial charge on any atom is 0.274 e. The van der Waals surface area contributed by atoms with Gasteiger partial charge in [0.2, 0.25) is 5.91 Å². The van der Waals surface area contributed by atoms with Crippen LogP contribution >= 0.6 is 11.6 Å². The number of halogens is 2. The van der Waals surface area contributed by atoms with Crippen LogP contribution in [0.25, 0.3) is 0 Å². The Labute approximate surface area is 221 Å². The van der Waals surface area contributed by atoms with Crippen molar-refractivity contribution in [2.45, 2.75) is 70.6 Å². The molecule has 0 N–H and O–H groups in total. The number of morpholine rings is 1. The van der Waals surface area contributed by atoms with E-state index in [1.54, 1.807) is 10.7 Å². The van der Waals surface area contributed by atoms with Crippen molar-refractivity contribution in [3.8, 4) is 5.75 Å². The number of amides is 2. The van der Waals surface area contributed by atoms with E-state index in [0.29, 0.717) is 31.9 Å². The van der Waals surface area contributed by atoms with Crippen LogP contribution in [0.1, 0.15) is 66.3 Å². The Morgan fingerprint density at radius 2 is 1.84 bits per heavy atom. The van der Waals surface area contributed by atoms with E-state index in [9.17, 15) is 14.0 Å². The number of rotatable bonds is 5. The van der Waals surface area contributed by atoms with Crippen molar-refractivity contribution >= 4 is 23.4 Å². The lowest BCUT2D eigenvalue weighted by Crippen LogP contribution is -2.48. The lowest BCUT2D eigenvalue weighted by Gasteiger charge is -2.35. The summed E-state index contributed by atoms with van der Waals surface area (Å²) in [7, 11) is 1.39. The average molecular weight is 533 g/mol. The molecule has 37 heavy (non-hydrogen) atoms. The van der Waals surface area contributed by atoms with Crippen LogP contribution in [0.15, 0.2) is 12.1 Å². The predicted molar refractivity (Wildman–Crippen MR) is 137 cm³/mol. The van der Waals surface area contributed by atoms with Crippen molar-refractivity contribution in [3.63, 3.8) is 0 Å². The molecule has 0 spiro atoms. The molecule has 2 aromatic rings. The number of methoxy groups -OCH3 is 1. The van der Waals surface area contributed by atoms with E-state index >= 15 is 0 Å². The molecular weight excluding hydrogens is 499 g/mol. The number of aromatic nitrogens is 2. The molecule has 3 heterocycles. The minimum atomic E-state index is -0.470. The molecule has 1 aliphatic carbocycles. The summed E-state index contributed by atoms with van der Waals surface area (Å²) in [5, 5.41) is 4.92. The van der Waals surface area contributed by atoms with Crippen molar-refractivity contribution < 1.29 is 23.5 Å². The van der Waals surface area contributed by atoms with Gasteiger partial charge in [0.1, 0.15) is 6.54 Å². The molecule has 200 valence electrons. The van der Waals surface area contributed by atoms with Gasteiger partial charge in [-0.25, -0.2) is 4.39 Å². The van der Waals surface area contributed by atoms with Crippen LogP contribution in [0.2, 0.25) is 5.02 Å². The van der Waals surface area contributed by atoms with Crippen LogP contribution < -0.4 is 4.74 Å². The second-order valence-electron chi connectivity index (χ2n) is 10.4. The van der Waals surface area contributed by atoms with Gasteiger partial charge in [-0.1, -0.05) is 11.6 Å². The lowest BCUT2D eigenvalue weighted by atomic mass is 9.89. The number of ether oxygens (including phenoxy) is 2. The number of hydrogen-bond donors (Lipinski definition) is 0. The molecule has 0 saturated carbocycles. The van der Waals surface area contributed by atoms with Gasteiger partial charge in [-0.15, -0.1) is 0 Å². The van der Waals surface area contributed by atoms with E-state index in [4.69, 9.17) is 21.1 Å². The monoisotopic (exact) mass is 532 g/mol. The van der Waals surface area contributed by atoms with E-state index < -0.39 is 5.82 Å². The zero-order chi connectivity index (χ0) is 26.3. The van der Waals surface area contributed by atoms with E-state index in [0.717, 1.165) is 48.9 Å². The first-order valence-corrected chi connectivity index (χ1v) is 13.5. The number of benzene rings is 1. The molecule has 0 radical (unpaired) electrons. The highest BCUT2D eigenvalue weighted by Gasteiger charge is 2.34. The Bertz CT molecular complexity index is 1160. The van der Waals surface area contributed by atoms with Gasteiger partial charge in [-0.3, -0.25) is 14.3 Å². The zero-order valence-corrected chi connectivity index (χ0v) is 22.4. The van der Waals surface area contributed by atoms with Gasteiger partial charge in [0.25, 0.3) is 5.91 Å². The molecule has 1 aromatic carbocycles. The van der Waals surface area contributed by atoms with Gasteiger partial charge in [-0.05, 0) is 69.6 Å². The first-order chi connectivity index (χ1) is 17.7. The van der Waals surface area contributed by atoms with Gasteiger partial charge in [-0.2, -0.15) is 5.10 Å². The summed E-state index contributed by atoms with van der Waals surface area (Å²) in [5.74, 6) is -0.374. The van der Waals surface area contributed by atoms with Crippen LogP contribution in [0.3, 0.4) is 0 Å². The normalized spacial score (nSPS) is 22.3. The number of fused-ring (bicyclic) bond motifs is 1. The maximum atomic E-state index is 14.3. The van der Waals surface area contributed by atoms with Gasteiger partial charge >= 0.3 is 0 Å². The van der Waals surface area contributed by atoms with Crippen molar-refractivity contribution in [1.29, 1.82) is 0 Å². The van der Waals surface area contributed by atoms with Crippen LogP contribution in [0.5, 0.6) is 5.75 Å². The van der Waals surface area contributed by atoms with E-state index in [1.807, 2.05) is 23.6 Å². The number of carbonyl (C=O) groups is 2. The van der Waals surface area contributed by atoms with Crippen molar-refractivity contribution in [2.75, 3.05) is 33.3 Å². The third-order valence-electron chi connectivity index (χ3n) is 7.75. The van der Waals surface area contributed by atoms with Crippen molar-refractivity contribution in [2.24, 2.45) is 0 Å². The summed E-state index contributed by atoms with van der Waals surface area (Å²) in [6.45, 7) is 6.31. The van der Waals surface area contributed by atoms with Crippen LogP contribution in [-0.2, 0) is 28.9 Å². The summed E-state index contributed by atoms with van der Waals surface area (Å²) >= 11 is 6.19. The van der Waals surface area contributed by atoms with E-state index in [-0.39, 0.29) is 47.3 Å². The van der Waals surface area contributed by atoms with Crippen molar-refractivity contribution in [3.05, 3.63) is 45.5 Å². The molecule has 2 atom stereocenters. The Morgan fingerprint density at radius 3 is 2.49 bits per heavy atom. The first-order valence-electron chi connectivity index (χ1n) is 13.1. The summed E-state index contributed by atoms with van der Waals surface area (Å²) in [6, 6.07) is 3.24. The predicted octanol–water partition coefficient (Wildman–Crippen LogP) is 3.83. The third kappa shape index (κ3) is 5.21. The number of carbonyl (C=O) groups excluding carboxylic acids is 2. The van der Waals surface area contributed by atoms with Gasteiger partial charge in [0.05, 0.1) is 24.3 Å². The molecule has 10 heteroatoms. The fourth-order valence-corrected chi connectivity index (χ4v) is 6.30. The fraction of sp³-hybridized carbons (Fsp3) is 0.593. The highest BCUT2D eigenvalue weighted by atomic mass is 35.5. The molecule has 0 unspecified atom stereocenters. The smallest absolute Gasteiger partial charge is 0.274 e. The maximum absolute atomic E-state index is 14.3. The minimum Gasteiger partial charge on any atom is -0.492 e. The van der Waals surface area contributed by atoms with Gasteiger partial charge < -0.3 is 19.3 Å². The Balaban J connectivity index is 1.24. The molecule has 8 nitrogen and oxygen atoms in total. The Kier molecular flexibility index (Phi) is 7.45. The summed E-state index contributed by atoms with van der Waals surface area (Å²) in [6.07, 6.45) is 4.02. The van der Waals surface area contributed by atoms with Crippen LogP contribution in [0.4, 0.5) is 4.39 Å². The zero-order valence-electron chi connectivity index (χ0n) is 21.6. The lowest BCUT2D eigenvalue weighted by molar-refractivity contribution is -0.133. The Morgan fingerprint density at radius 1 is 1.14 bits per heavy atom. The fourth-order valence-electron chi connectivity index (χ4n) is 6.01. The van der Waals surface area contributed by atoms with E-state index in [1.165, 1.54) is 13.2 Å². The summed E-state index contributed by atoms with van der Waals surface area (Å²) in [4.78, 5) is 30.3. The topological polar surface area (TPSA) is 76.9 Å². The molecule has 3 aliphatic rings. The Hall–Kier alpha value is -2.65. The molecule has 0 bridgehead atoms. The minimum absolute atomic E-state index is 0.0118. The number of nitrogens with zero attached hydrogens (tertiary/aromatic N) is 4. The molecule has 5 rings (SSSR count). The summed E-state index contributed by atoms with van der Waals surface area (Å²) in [5.41, 5.74) is 3.31. The molecule has 2 aliphatic heterocycles. The molecule has 2 amide bonds. The number of piperidine rings is 1. The average Bonchev–Trinajstić information content (AvgIpc) is 3.47. The first kappa shape index (κ1) is 26.0. The molecule has 2 saturated heterocycles. The molecule has 1 aromatic heterocycles. The second-order valence-corrected chi connectivity index (χ2v) is 10.8. The van der Waals surface area contributed by atoms with Gasteiger partial charge in [0, 0.05) is 37.4 Å². The summed E-state index contributed by atoms with van der Waals surface area (Å²) < 4.78 is 26.9. The quantitative estimate of drug-likeness (QED) is 0.585. The third-order valence-corrected chi connectivity index (χ3v) is 8.03. The van der Waals surface area contributed by atoms with E-state index in [2.05, 4.69) is 5.10 Å². The second kappa shape index (κ2) is 10.6. The SMILES string of the molecule is COc1c(F)cc(C2CCN(C(=O)Cn3nc(C(=O)N4C[C@@H](C)O[C@@H](C)C4)c4c3CCC4)CC2)cc1Cl. The van der Waals surface area contributed by atoms with Crippen molar-refractivity contribution in [1.82, 2.24) is 19.6 Å². The number of likely N-dealkylation sites (tertiary alicyclic amines) is 1. The molecule has 2 fully saturated rings. The molecular formula is C27H34ClFN4O4. The highest BCUT2D eigenvalue weighted by molar-refractivity contribution is 6.32. The largest absolute Gasteiger partial charge is 0.492 e. The number of hydrogen-bond acceptors (Lipinski definition) is 5. The van der Waals surface area contributed by atoms with Crippen LogP contribution in [0, 0.1) is 5.82 Å². The van der Waals surface area contributed by atoms with Crippen LogP contribution in [-0.4, -0.2) is 76.9 Å².